The molecule has 3 N–H and O–H groups in total. The van der Waals surface area contributed by atoms with E-state index in [9.17, 15) is 18.4 Å². The summed E-state index contributed by atoms with van der Waals surface area (Å²) in [4.78, 5) is 31.5. The van der Waals surface area contributed by atoms with Crippen LogP contribution in [0, 0.1) is 0 Å². The van der Waals surface area contributed by atoms with Crippen molar-refractivity contribution in [3.05, 3.63) is 65.7 Å². The average Bonchev–Trinajstić information content (AvgIpc) is 3.53. The average molecular weight is 495 g/mol. The summed E-state index contributed by atoms with van der Waals surface area (Å²) < 4.78 is 30.2. The molecule has 13 heteroatoms. The molecule has 36 heavy (non-hydrogen) atoms. The van der Waals surface area contributed by atoms with Crippen molar-refractivity contribution in [3.63, 3.8) is 0 Å². The van der Waals surface area contributed by atoms with Crippen molar-refractivity contribution in [2.24, 2.45) is 0 Å². The molecule has 186 valence electrons. The first-order valence-corrected chi connectivity index (χ1v) is 11.3. The molecule has 0 aliphatic carbocycles. The van der Waals surface area contributed by atoms with Crippen LogP contribution in [-0.2, 0) is 0 Å². The molecule has 0 radical (unpaired) electrons. The smallest absolute Gasteiger partial charge is 0.284 e. The van der Waals surface area contributed by atoms with E-state index >= 15 is 0 Å². The highest BCUT2D eigenvalue weighted by molar-refractivity contribution is 6.08. The number of carbonyl (C=O) groups is 2. The monoisotopic (exact) mass is 495 g/mol. The van der Waals surface area contributed by atoms with Gasteiger partial charge in [-0.05, 0) is 30.3 Å². The molecule has 0 spiro atoms. The SMILES string of the molecule is CNC(=O)c1ccc(-n2cc(NC(=O)c3cnn4ccc(N5CCNCC5)nc34)c(C(F)F)n2)cc1. The number of carbonyl (C=O) groups excluding carboxylic acids is 2. The summed E-state index contributed by atoms with van der Waals surface area (Å²) in [5.74, 6) is -0.198. The van der Waals surface area contributed by atoms with Crippen molar-refractivity contribution >= 4 is 29.0 Å². The van der Waals surface area contributed by atoms with Crippen LogP contribution in [0.15, 0.2) is 48.9 Å². The molecule has 4 heterocycles. The fourth-order valence-electron chi connectivity index (χ4n) is 3.97. The molecular formula is C23H23F2N9O2. The van der Waals surface area contributed by atoms with Crippen LogP contribution in [-0.4, -0.2) is 69.4 Å². The van der Waals surface area contributed by atoms with E-state index < -0.39 is 18.0 Å². The summed E-state index contributed by atoms with van der Waals surface area (Å²) >= 11 is 0. The van der Waals surface area contributed by atoms with Crippen LogP contribution in [0.2, 0.25) is 0 Å². The molecule has 0 unspecified atom stereocenters. The number of rotatable bonds is 6. The molecule has 4 aromatic rings. The van der Waals surface area contributed by atoms with Crippen molar-refractivity contribution in [3.8, 4) is 5.69 Å². The van der Waals surface area contributed by atoms with Gasteiger partial charge in [-0.15, -0.1) is 0 Å². The zero-order valence-corrected chi connectivity index (χ0v) is 19.3. The quantitative estimate of drug-likeness (QED) is 0.373. The van der Waals surface area contributed by atoms with Crippen LogP contribution in [0.4, 0.5) is 20.3 Å². The van der Waals surface area contributed by atoms with Crippen LogP contribution >= 0.6 is 0 Å². The number of anilines is 2. The fraction of sp³-hybridized carbons (Fsp3) is 0.261. The lowest BCUT2D eigenvalue weighted by atomic mass is 10.2. The third-order valence-corrected chi connectivity index (χ3v) is 5.86. The number of nitrogens with zero attached hydrogens (tertiary/aromatic N) is 6. The van der Waals surface area contributed by atoms with Crippen molar-refractivity contribution in [2.45, 2.75) is 6.43 Å². The molecule has 2 amide bonds. The lowest BCUT2D eigenvalue weighted by molar-refractivity contribution is 0.0962. The minimum atomic E-state index is -2.92. The first kappa shape index (κ1) is 23.4. The third-order valence-electron chi connectivity index (χ3n) is 5.86. The maximum Gasteiger partial charge on any atom is 0.284 e. The van der Waals surface area contributed by atoms with E-state index in [0.717, 1.165) is 26.2 Å². The molecular weight excluding hydrogens is 472 g/mol. The Kier molecular flexibility index (Phi) is 6.29. The number of aromatic nitrogens is 5. The minimum absolute atomic E-state index is 0.136. The van der Waals surface area contributed by atoms with Crippen molar-refractivity contribution in [1.82, 2.24) is 35.0 Å². The first-order chi connectivity index (χ1) is 17.4. The van der Waals surface area contributed by atoms with Crippen molar-refractivity contribution < 1.29 is 18.4 Å². The van der Waals surface area contributed by atoms with Gasteiger partial charge in [0.05, 0.1) is 23.8 Å². The van der Waals surface area contributed by atoms with Gasteiger partial charge in [-0.2, -0.15) is 10.2 Å². The van der Waals surface area contributed by atoms with Crippen LogP contribution in [0.5, 0.6) is 0 Å². The number of benzene rings is 1. The Morgan fingerprint density at radius 1 is 1.08 bits per heavy atom. The molecule has 0 atom stereocenters. The lowest BCUT2D eigenvalue weighted by Gasteiger charge is -2.28. The van der Waals surface area contributed by atoms with E-state index in [1.165, 1.54) is 28.6 Å². The zero-order valence-electron chi connectivity index (χ0n) is 19.3. The summed E-state index contributed by atoms with van der Waals surface area (Å²) in [5, 5.41) is 16.4. The Bertz CT molecular complexity index is 1410. The van der Waals surface area contributed by atoms with E-state index in [4.69, 9.17) is 0 Å². The van der Waals surface area contributed by atoms with Gasteiger partial charge in [0.2, 0.25) is 0 Å². The second kappa shape index (κ2) is 9.70. The molecule has 5 rings (SSSR count). The Morgan fingerprint density at radius 3 is 2.53 bits per heavy atom. The molecule has 1 aliphatic rings. The maximum absolute atomic E-state index is 13.8. The molecule has 1 fully saturated rings. The van der Waals surface area contributed by atoms with Gasteiger partial charge in [0.15, 0.2) is 11.3 Å². The minimum Gasteiger partial charge on any atom is -0.355 e. The van der Waals surface area contributed by atoms with E-state index in [-0.39, 0.29) is 17.2 Å². The third kappa shape index (κ3) is 4.47. The second-order valence-corrected chi connectivity index (χ2v) is 8.10. The second-order valence-electron chi connectivity index (χ2n) is 8.10. The van der Waals surface area contributed by atoms with Crippen LogP contribution in [0.3, 0.4) is 0 Å². The van der Waals surface area contributed by atoms with Crippen LogP contribution in [0.1, 0.15) is 32.8 Å². The van der Waals surface area contributed by atoms with E-state index in [0.29, 0.717) is 22.7 Å². The summed E-state index contributed by atoms with van der Waals surface area (Å²) in [5.41, 5.74) is 0.613. The number of alkyl halides is 2. The highest BCUT2D eigenvalue weighted by atomic mass is 19.3. The van der Waals surface area contributed by atoms with Gasteiger partial charge in [0.1, 0.15) is 11.4 Å². The zero-order chi connectivity index (χ0) is 25.2. The molecule has 0 bridgehead atoms. The van der Waals surface area contributed by atoms with Crippen molar-refractivity contribution in [2.75, 3.05) is 43.4 Å². The summed E-state index contributed by atoms with van der Waals surface area (Å²) in [7, 11) is 1.51. The van der Waals surface area contributed by atoms with Crippen molar-refractivity contribution in [1.29, 1.82) is 0 Å². The highest BCUT2D eigenvalue weighted by Crippen LogP contribution is 2.28. The molecule has 3 aromatic heterocycles. The van der Waals surface area contributed by atoms with Gasteiger partial charge in [-0.3, -0.25) is 9.59 Å². The normalized spacial score (nSPS) is 13.8. The largest absolute Gasteiger partial charge is 0.355 e. The lowest BCUT2D eigenvalue weighted by Crippen LogP contribution is -2.43. The number of hydrogen-bond acceptors (Lipinski definition) is 7. The Morgan fingerprint density at radius 2 is 1.83 bits per heavy atom. The molecule has 1 aliphatic heterocycles. The summed E-state index contributed by atoms with van der Waals surface area (Å²) in [6, 6.07) is 8.07. The highest BCUT2D eigenvalue weighted by Gasteiger charge is 2.23. The van der Waals surface area contributed by atoms with Crippen LogP contribution in [0.25, 0.3) is 11.3 Å². The number of nitrogens with one attached hydrogen (secondary N) is 3. The molecule has 1 aromatic carbocycles. The Hall–Kier alpha value is -4.39. The number of amides is 2. The van der Waals surface area contributed by atoms with E-state index in [2.05, 4.69) is 36.0 Å². The van der Waals surface area contributed by atoms with Gasteiger partial charge in [-0.25, -0.2) is 23.0 Å². The van der Waals surface area contributed by atoms with Gasteiger partial charge < -0.3 is 20.9 Å². The Balaban J connectivity index is 1.42. The van der Waals surface area contributed by atoms with Gasteiger partial charge in [0.25, 0.3) is 18.2 Å². The number of piperazine rings is 1. The number of hydrogen-bond donors (Lipinski definition) is 3. The molecule has 1 saturated heterocycles. The number of halogens is 2. The Labute approximate surface area is 204 Å². The van der Waals surface area contributed by atoms with E-state index in [1.54, 1.807) is 30.5 Å². The van der Waals surface area contributed by atoms with Gasteiger partial charge >= 0.3 is 0 Å². The maximum atomic E-state index is 13.8. The van der Waals surface area contributed by atoms with E-state index in [1.807, 2.05) is 6.07 Å². The van der Waals surface area contributed by atoms with Gasteiger partial charge in [-0.1, -0.05) is 0 Å². The summed E-state index contributed by atoms with van der Waals surface area (Å²) in [6.07, 6.45) is 1.44. The van der Waals surface area contributed by atoms with Gasteiger partial charge in [0, 0.05) is 45.0 Å². The fourth-order valence-corrected chi connectivity index (χ4v) is 3.97. The molecule has 0 saturated carbocycles. The predicted octanol–water partition coefficient (Wildman–Crippen LogP) is 1.87. The molecule has 11 nitrogen and oxygen atoms in total. The standard InChI is InChI=1S/C23H23F2N9O2/c1-26-22(35)14-2-4-15(5-3-14)34-13-17(19(31-34)20(24)25)29-23(36)16-12-28-33-9-6-18(30-21(16)33)32-10-7-27-8-11-32/h2-6,9,12-13,20,27H,7-8,10-11H2,1H3,(H,26,35)(H,29,36). The number of fused-ring (bicyclic) bond motifs is 1. The van der Waals surface area contributed by atoms with Crippen LogP contribution < -0.4 is 20.9 Å². The summed E-state index contributed by atoms with van der Waals surface area (Å²) in [6.45, 7) is 3.21. The predicted molar refractivity (Wildman–Crippen MR) is 128 cm³/mol. The topological polar surface area (TPSA) is 121 Å². The first-order valence-electron chi connectivity index (χ1n) is 11.3.